The van der Waals surface area contributed by atoms with Crippen LogP contribution in [0.25, 0.3) is 0 Å². The van der Waals surface area contributed by atoms with Gasteiger partial charge in [0, 0.05) is 34.7 Å². The minimum atomic E-state index is -0.0427. The first-order valence-corrected chi connectivity index (χ1v) is 11.4. The lowest BCUT2D eigenvalue weighted by Gasteiger charge is -2.32. The van der Waals surface area contributed by atoms with Crippen molar-refractivity contribution in [3.8, 4) is 0 Å². The van der Waals surface area contributed by atoms with Crippen LogP contribution in [0.4, 0.5) is 0 Å². The summed E-state index contributed by atoms with van der Waals surface area (Å²) in [4.78, 5) is 29.4. The van der Waals surface area contributed by atoms with E-state index in [1.54, 1.807) is 29.2 Å². The second-order valence-corrected chi connectivity index (χ2v) is 8.97. The van der Waals surface area contributed by atoms with Crippen molar-refractivity contribution < 1.29 is 14.0 Å². The van der Waals surface area contributed by atoms with Crippen LogP contribution in [0.15, 0.2) is 69.7 Å². The molecule has 7 heteroatoms. The number of carbonyl (C=O) groups excluding carboxylic acids is 2. The number of amides is 2. The Morgan fingerprint density at radius 3 is 2.69 bits per heavy atom. The van der Waals surface area contributed by atoms with E-state index in [1.165, 1.54) is 17.4 Å². The van der Waals surface area contributed by atoms with Gasteiger partial charge in [-0.05, 0) is 42.5 Å². The molecule has 1 N–H and O–H groups in total. The maximum atomic E-state index is 12.9. The average molecular weight is 427 g/mol. The van der Waals surface area contributed by atoms with Crippen LogP contribution >= 0.6 is 23.1 Å². The van der Waals surface area contributed by atoms with Crippen molar-refractivity contribution in [2.24, 2.45) is 0 Å². The first-order chi connectivity index (χ1) is 14.2. The molecule has 0 spiro atoms. The van der Waals surface area contributed by atoms with Gasteiger partial charge in [-0.15, -0.1) is 23.1 Å². The third-order valence-corrected chi connectivity index (χ3v) is 7.15. The van der Waals surface area contributed by atoms with E-state index in [9.17, 15) is 9.59 Å². The fourth-order valence-corrected chi connectivity index (χ4v) is 5.21. The Labute approximate surface area is 178 Å². The summed E-state index contributed by atoms with van der Waals surface area (Å²) in [6.07, 6.45) is 4.48. The number of nitrogens with zero attached hydrogens (tertiary/aromatic N) is 1. The molecule has 0 saturated carbocycles. The quantitative estimate of drug-likeness (QED) is 0.582. The number of rotatable bonds is 6. The number of thiophene rings is 1. The molecule has 29 heavy (non-hydrogen) atoms. The highest BCUT2D eigenvalue weighted by molar-refractivity contribution is 7.98. The van der Waals surface area contributed by atoms with Gasteiger partial charge in [-0.1, -0.05) is 18.2 Å². The zero-order valence-electron chi connectivity index (χ0n) is 15.9. The van der Waals surface area contributed by atoms with Gasteiger partial charge in [-0.3, -0.25) is 9.59 Å². The van der Waals surface area contributed by atoms with Crippen molar-refractivity contribution in [1.29, 1.82) is 0 Å². The van der Waals surface area contributed by atoms with E-state index in [4.69, 9.17) is 4.42 Å². The fourth-order valence-electron chi connectivity index (χ4n) is 3.38. The minimum Gasteiger partial charge on any atom is -0.472 e. The number of hydrogen-bond acceptors (Lipinski definition) is 5. The van der Waals surface area contributed by atoms with Gasteiger partial charge in [0.15, 0.2) is 0 Å². The predicted molar refractivity (Wildman–Crippen MR) is 115 cm³/mol. The summed E-state index contributed by atoms with van der Waals surface area (Å²) in [5.41, 5.74) is 1.29. The molecule has 150 valence electrons. The van der Waals surface area contributed by atoms with Gasteiger partial charge in [0.25, 0.3) is 11.8 Å². The molecule has 1 fully saturated rings. The summed E-state index contributed by atoms with van der Waals surface area (Å²) in [5.74, 6) is 0.800. The molecule has 5 nitrogen and oxygen atoms in total. The van der Waals surface area contributed by atoms with Crippen LogP contribution in [0.2, 0.25) is 0 Å². The van der Waals surface area contributed by atoms with Gasteiger partial charge >= 0.3 is 0 Å². The molecule has 2 amide bonds. The molecule has 2 aromatic heterocycles. The van der Waals surface area contributed by atoms with Crippen LogP contribution in [0.5, 0.6) is 0 Å². The molecule has 4 rings (SSSR count). The van der Waals surface area contributed by atoms with Crippen LogP contribution in [0.3, 0.4) is 0 Å². The second-order valence-electron chi connectivity index (χ2n) is 6.92. The molecule has 1 saturated heterocycles. The average Bonchev–Trinajstić information content (AvgIpc) is 3.47. The van der Waals surface area contributed by atoms with Crippen LogP contribution in [-0.2, 0) is 5.75 Å². The number of benzene rings is 1. The molecule has 1 aliphatic heterocycles. The van der Waals surface area contributed by atoms with E-state index in [0.717, 1.165) is 23.5 Å². The van der Waals surface area contributed by atoms with Crippen LogP contribution < -0.4 is 5.32 Å². The number of likely N-dealkylation sites (tertiary alicyclic amines) is 1. The molecule has 0 aliphatic carbocycles. The largest absolute Gasteiger partial charge is 0.472 e. The maximum absolute atomic E-state index is 12.9. The van der Waals surface area contributed by atoms with E-state index in [2.05, 4.69) is 16.8 Å². The standard InChI is InChI=1S/C22H22N2O3S2/c25-21(19-5-1-2-6-20(19)29-15-18-4-3-13-28-18)23-17-7-10-24(11-8-17)22(26)16-9-12-27-14-16/h1-6,9,12-14,17H,7-8,10-11,15H2,(H,23,25). The lowest BCUT2D eigenvalue weighted by Crippen LogP contribution is -2.46. The van der Waals surface area contributed by atoms with Crippen molar-refractivity contribution in [3.63, 3.8) is 0 Å². The predicted octanol–water partition coefficient (Wildman–Crippen LogP) is 4.67. The van der Waals surface area contributed by atoms with Gasteiger partial charge < -0.3 is 14.6 Å². The van der Waals surface area contributed by atoms with Gasteiger partial charge in [0.1, 0.15) is 6.26 Å². The molecular formula is C22H22N2O3S2. The summed E-state index contributed by atoms with van der Waals surface area (Å²) in [6, 6.07) is 13.7. The highest BCUT2D eigenvalue weighted by atomic mass is 32.2. The monoisotopic (exact) mass is 426 g/mol. The Hall–Kier alpha value is -2.51. The summed E-state index contributed by atoms with van der Waals surface area (Å²) < 4.78 is 5.00. The van der Waals surface area contributed by atoms with Crippen LogP contribution in [0.1, 0.15) is 38.4 Å². The van der Waals surface area contributed by atoms with E-state index in [0.29, 0.717) is 24.2 Å². The van der Waals surface area contributed by atoms with Crippen molar-refractivity contribution >= 4 is 34.9 Å². The first kappa shape index (κ1) is 19.8. The lowest BCUT2D eigenvalue weighted by molar-refractivity contribution is 0.0697. The zero-order valence-corrected chi connectivity index (χ0v) is 17.5. The molecule has 0 unspecified atom stereocenters. The van der Waals surface area contributed by atoms with Crippen LogP contribution in [0, 0.1) is 0 Å². The zero-order chi connectivity index (χ0) is 20.1. The topological polar surface area (TPSA) is 62.6 Å². The molecule has 1 aromatic carbocycles. The molecule has 3 aromatic rings. The number of nitrogens with one attached hydrogen (secondary N) is 1. The smallest absolute Gasteiger partial charge is 0.257 e. The Morgan fingerprint density at radius 1 is 1.14 bits per heavy atom. The Kier molecular flexibility index (Phi) is 6.36. The Morgan fingerprint density at radius 2 is 1.97 bits per heavy atom. The number of thioether (sulfide) groups is 1. The van der Waals surface area contributed by atoms with Gasteiger partial charge in [0.05, 0.1) is 17.4 Å². The van der Waals surface area contributed by atoms with Gasteiger partial charge in [-0.25, -0.2) is 0 Å². The molecular weight excluding hydrogens is 404 g/mol. The fraction of sp³-hybridized carbons (Fsp3) is 0.273. The summed E-state index contributed by atoms with van der Waals surface area (Å²) in [7, 11) is 0. The number of furan rings is 1. The molecule has 0 atom stereocenters. The van der Waals surface area contributed by atoms with Gasteiger partial charge in [0.2, 0.25) is 0 Å². The minimum absolute atomic E-state index is 0.0150. The Balaban J connectivity index is 1.32. The second kappa shape index (κ2) is 9.33. The van der Waals surface area contributed by atoms with E-state index >= 15 is 0 Å². The molecule has 0 radical (unpaired) electrons. The van der Waals surface area contributed by atoms with Crippen molar-refractivity contribution in [2.75, 3.05) is 13.1 Å². The van der Waals surface area contributed by atoms with Gasteiger partial charge in [-0.2, -0.15) is 0 Å². The number of piperidine rings is 1. The summed E-state index contributed by atoms with van der Waals surface area (Å²) in [6.45, 7) is 1.26. The van der Waals surface area contributed by atoms with E-state index in [-0.39, 0.29) is 17.9 Å². The highest BCUT2D eigenvalue weighted by Crippen LogP contribution is 2.28. The lowest BCUT2D eigenvalue weighted by atomic mass is 10.0. The van der Waals surface area contributed by atoms with E-state index < -0.39 is 0 Å². The van der Waals surface area contributed by atoms with Crippen molar-refractivity contribution in [3.05, 3.63) is 76.4 Å². The SMILES string of the molecule is O=C(NC1CCN(C(=O)c2ccoc2)CC1)c1ccccc1SCc1cccs1. The molecule has 3 heterocycles. The third kappa shape index (κ3) is 4.92. The number of hydrogen-bond donors (Lipinski definition) is 1. The van der Waals surface area contributed by atoms with E-state index in [1.807, 2.05) is 35.2 Å². The summed E-state index contributed by atoms with van der Waals surface area (Å²) >= 11 is 3.41. The first-order valence-electron chi connectivity index (χ1n) is 9.57. The van der Waals surface area contributed by atoms with Crippen molar-refractivity contribution in [1.82, 2.24) is 10.2 Å². The Bertz CT molecular complexity index is 946. The third-order valence-electron chi connectivity index (χ3n) is 4.97. The van der Waals surface area contributed by atoms with Crippen LogP contribution in [-0.4, -0.2) is 35.8 Å². The van der Waals surface area contributed by atoms with Crippen molar-refractivity contribution in [2.45, 2.75) is 29.5 Å². The highest BCUT2D eigenvalue weighted by Gasteiger charge is 2.25. The normalized spacial score (nSPS) is 14.7. The molecule has 0 bridgehead atoms. The summed E-state index contributed by atoms with van der Waals surface area (Å²) in [5, 5.41) is 5.22. The number of carbonyl (C=O) groups is 2. The maximum Gasteiger partial charge on any atom is 0.257 e. The molecule has 1 aliphatic rings.